The molecule has 0 fully saturated rings. The second-order valence-electron chi connectivity index (χ2n) is 4.60. The molecule has 3 rings (SSSR count). The molecule has 2 unspecified atom stereocenters. The fraction of sp³-hybridized carbons (Fsp3) is 0.214. The van der Waals surface area contributed by atoms with Gasteiger partial charge in [0.25, 0.3) is 0 Å². The molecule has 100 valence electrons. The lowest BCUT2D eigenvalue weighted by molar-refractivity contribution is 0.437. The first kappa shape index (κ1) is 12.6. The maximum absolute atomic E-state index is 9.66. The van der Waals surface area contributed by atoms with Gasteiger partial charge in [-0.25, -0.2) is 0 Å². The minimum Gasteiger partial charge on any atom is -0.508 e. The summed E-state index contributed by atoms with van der Waals surface area (Å²) in [6.07, 6.45) is 0. The molecule has 1 aliphatic heterocycles. The lowest BCUT2D eigenvalue weighted by atomic mass is 9.80. The summed E-state index contributed by atoms with van der Waals surface area (Å²) in [5, 5.41) is 26.9. The average molecular weight is 285 g/mol. The van der Waals surface area contributed by atoms with E-state index < -0.39 is 5.92 Å². The predicted molar refractivity (Wildman–Crippen MR) is 74.3 cm³/mol. The van der Waals surface area contributed by atoms with Gasteiger partial charge in [0.1, 0.15) is 11.7 Å². The van der Waals surface area contributed by atoms with E-state index in [0.29, 0.717) is 5.88 Å². The smallest absolute Gasteiger partial charge is 0.236 e. The first-order chi connectivity index (χ1) is 9.61. The molecule has 0 radical (unpaired) electrons. The minimum absolute atomic E-state index is 0.0985. The molecule has 1 aromatic carbocycles. The summed E-state index contributed by atoms with van der Waals surface area (Å²) in [7, 11) is 0. The van der Waals surface area contributed by atoms with Crippen LogP contribution in [0.25, 0.3) is 0 Å². The summed E-state index contributed by atoms with van der Waals surface area (Å²) < 4.78 is 9.52. The number of hydrogen-bond acceptors (Lipinski definition) is 6. The molecule has 2 N–H and O–H groups in total. The van der Waals surface area contributed by atoms with Crippen molar-refractivity contribution in [2.75, 3.05) is 0 Å². The highest BCUT2D eigenvalue weighted by Crippen LogP contribution is 2.45. The molecule has 2 heterocycles. The van der Waals surface area contributed by atoms with E-state index in [1.165, 1.54) is 11.5 Å². The molecule has 0 aliphatic carbocycles. The maximum atomic E-state index is 9.66. The molecule has 2 atom stereocenters. The van der Waals surface area contributed by atoms with E-state index in [1.807, 2.05) is 13.0 Å². The second kappa shape index (κ2) is 4.62. The van der Waals surface area contributed by atoms with Crippen LogP contribution in [0.15, 0.2) is 24.3 Å². The van der Waals surface area contributed by atoms with E-state index in [2.05, 4.69) is 10.4 Å². The van der Waals surface area contributed by atoms with Crippen LogP contribution in [0.5, 0.6) is 11.6 Å². The zero-order valence-electron chi connectivity index (χ0n) is 10.6. The van der Waals surface area contributed by atoms with Crippen molar-refractivity contribution in [1.29, 1.82) is 10.7 Å². The van der Waals surface area contributed by atoms with Crippen LogP contribution >= 0.6 is 11.5 Å². The van der Waals surface area contributed by atoms with Crippen LogP contribution in [0.4, 0.5) is 0 Å². The van der Waals surface area contributed by atoms with Crippen molar-refractivity contribution in [1.82, 2.24) is 4.37 Å². The van der Waals surface area contributed by atoms with Crippen LogP contribution < -0.4 is 4.74 Å². The fourth-order valence-electron chi connectivity index (χ4n) is 2.48. The number of nitrogens with zero attached hydrogens (tertiary/aromatic N) is 2. The third kappa shape index (κ3) is 1.84. The largest absolute Gasteiger partial charge is 0.508 e. The Bertz CT molecular complexity index is 732. The number of phenolic OH excluding ortho intramolecular Hbond substituents is 1. The average Bonchev–Trinajstić information content (AvgIpc) is 2.78. The summed E-state index contributed by atoms with van der Waals surface area (Å²) in [6, 6.07) is 8.89. The summed E-state index contributed by atoms with van der Waals surface area (Å²) >= 11 is 1.29. The minimum atomic E-state index is -0.709. The number of benzene rings is 1. The van der Waals surface area contributed by atoms with E-state index in [0.717, 1.165) is 16.0 Å². The molecule has 1 aliphatic rings. The predicted octanol–water partition coefficient (Wildman–Crippen LogP) is 2.80. The summed E-state index contributed by atoms with van der Waals surface area (Å²) in [5.74, 6) is -0.600. The third-order valence-corrected chi connectivity index (χ3v) is 4.13. The Morgan fingerprint density at radius 3 is 3.00 bits per heavy atom. The molecule has 0 amide bonds. The molecular formula is C14H11N3O2S. The Hall–Kier alpha value is -2.39. The first-order valence-electron chi connectivity index (χ1n) is 6.03. The van der Waals surface area contributed by atoms with Crippen LogP contribution in [0.1, 0.15) is 21.9 Å². The van der Waals surface area contributed by atoms with Crippen molar-refractivity contribution in [2.24, 2.45) is 5.92 Å². The topological polar surface area (TPSA) is 90.0 Å². The second-order valence-corrected chi connectivity index (χ2v) is 5.58. The third-order valence-electron chi connectivity index (χ3n) is 3.38. The molecule has 0 saturated heterocycles. The molecule has 2 aromatic rings. The number of fused-ring (bicyclic) bond motifs is 1. The van der Waals surface area contributed by atoms with Crippen molar-refractivity contribution in [3.63, 3.8) is 0 Å². The van der Waals surface area contributed by atoms with Gasteiger partial charge in [-0.05, 0) is 36.2 Å². The number of rotatable bonds is 1. The Morgan fingerprint density at radius 1 is 1.50 bits per heavy atom. The van der Waals surface area contributed by atoms with Gasteiger partial charge >= 0.3 is 0 Å². The van der Waals surface area contributed by atoms with Gasteiger partial charge in [-0.15, -0.1) is 0 Å². The normalized spacial score (nSPS) is 20.9. The SMILES string of the molecule is Cc1snc2c1C(c1cccc(O)c1)C(C#N)C(=N)O2. The number of aromatic nitrogens is 1. The van der Waals surface area contributed by atoms with Crippen LogP contribution in [0.3, 0.4) is 0 Å². The zero-order chi connectivity index (χ0) is 14.3. The lowest BCUT2D eigenvalue weighted by Crippen LogP contribution is -2.30. The molecule has 5 nitrogen and oxygen atoms in total. The van der Waals surface area contributed by atoms with Gasteiger partial charge < -0.3 is 9.84 Å². The van der Waals surface area contributed by atoms with Crippen LogP contribution in [0, 0.1) is 29.6 Å². The number of ether oxygens (including phenoxy) is 1. The van der Waals surface area contributed by atoms with Gasteiger partial charge in [0.15, 0.2) is 0 Å². The van der Waals surface area contributed by atoms with E-state index >= 15 is 0 Å². The van der Waals surface area contributed by atoms with Crippen molar-refractivity contribution >= 4 is 17.4 Å². The van der Waals surface area contributed by atoms with Gasteiger partial charge in [0.05, 0.1) is 6.07 Å². The van der Waals surface area contributed by atoms with Crippen molar-refractivity contribution in [3.8, 4) is 17.7 Å². The van der Waals surface area contributed by atoms with Crippen LogP contribution in [-0.2, 0) is 0 Å². The molecule has 0 saturated carbocycles. The van der Waals surface area contributed by atoms with E-state index in [1.54, 1.807) is 18.2 Å². The van der Waals surface area contributed by atoms with Crippen molar-refractivity contribution in [2.45, 2.75) is 12.8 Å². The van der Waals surface area contributed by atoms with E-state index in [-0.39, 0.29) is 17.6 Å². The number of phenols is 1. The number of hydrogen-bond donors (Lipinski definition) is 2. The Kier molecular flexibility index (Phi) is 2.92. The number of nitrogens with one attached hydrogen (secondary N) is 1. The number of nitriles is 1. The molecule has 0 bridgehead atoms. The highest BCUT2D eigenvalue weighted by atomic mass is 32.1. The monoisotopic (exact) mass is 285 g/mol. The molecule has 6 heteroatoms. The summed E-state index contributed by atoms with van der Waals surface area (Å²) in [5.41, 5.74) is 1.62. The van der Waals surface area contributed by atoms with E-state index in [9.17, 15) is 10.4 Å². The van der Waals surface area contributed by atoms with Crippen LogP contribution in [-0.4, -0.2) is 15.4 Å². The van der Waals surface area contributed by atoms with Gasteiger partial charge in [0, 0.05) is 16.4 Å². The zero-order valence-corrected chi connectivity index (χ0v) is 11.4. The Labute approximate surface area is 119 Å². The standard InChI is InChI=1S/C14H11N3O2S/c1-7-11-12(8-3-2-4-9(18)5-8)10(6-15)13(16)19-14(11)17-20-7/h2-5,10,12,16,18H,1H3. The fourth-order valence-corrected chi connectivity index (χ4v) is 3.15. The molecule has 0 spiro atoms. The van der Waals surface area contributed by atoms with Crippen LogP contribution in [0.2, 0.25) is 0 Å². The first-order valence-corrected chi connectivity index (χ1v) is 6.80. The highest BCUT2D eigenvalue weighted by Gasteiger charge is 2.39. The molecule has 20 heavy (non-hydrogen) atoms. The van der Waals surface area contributed by atoms with Gasteiger partial charge in [-0.2, -0.15) is 9.64 Å². The Morgan fingerprint density at radius 2 is 2.30 bits per heavy atom. The summed E-state index contributed by atoms with van der Waals surface area (Å²) in [6.45, 7) is 1.92. The maximum Gasteiger partial charge on any atom is 0.236 e. The van der Waals surface area contributed by atoms with Gasteiger partial charge in [-0.3, -0.25) is 5.41 Å². The van der Waals surface area contributed by atoms with E-state index in [4.69, 9.17) is 10.1 Å². The van der Waals surface area contributed by atoms with Crippen molar-refractivity contribution < 1.29 is 9.84 Å². The van der Waals surface area contributed by atoms with Gasteiger partial charge in [0.2, 0.25) is 11.8 Å². The highest BCUT2D eigenvalue weighted by molar-refractivity contribution is 7.06. The Balaban J connectivity index is 2.22. The lowest BCUT2D eigenvalue weighted by Gasteiger charge is -2.27. The quantitative estimate of drug-likeness (QED) is 0.843. The number of aryl methyl sites for hydroxylation is 1. The molecule has 1 aromatic heterocycles. The number of aromatic hydroxyl groups is 1. The summed E-state index contributed by atoms with van der Waals surface area (Å²) in [4.78, 5) is 0.959. The molecular weight excluding hydrogens is 274 g/mol. The van der Waals surface area contributed by atoms with Gasteiger partial charge in [-0.1, -0.05) is 12.1 Å². The van der Waals surface area contributed by atoms with Crippen molar-refractivity contribution in [3.05, 3.63) is 40.3 Å².